The van der Waals surface area contributed by atoms with E-state index in [0.29, 0.717) is 17.0 Å². The summed E-state index contributed by atoms with van der Waals surface area (Å²) in [7, 11) is 0. The van der Waals surface area contributed by atoms with Gasteiger partial charge in [0.25, 0.3) is 0 Å². The molecule has 24 heavy (non-hydrogen) atoms. The molecule has 7 heteroatoms. The van der Waals surface area contributed by atoms with E-state index in [9.17, 15) is 14.7 Å². The fraction of sp³-hybridized carbons (Fsp3) is 0.412. The first-order valence-electron chi connectivity index (χ1n) is 7.74. The number of ether oxygens (including phenoxy) is 2. The summed E-state index contributed by atoms with van der Waals surface area (Å²) in [6.07, 6.45) is 0. The third-order valence-corrected chi connectivity index (χ3v) is 4.56. The summed E-state index contributed by atoms with van der Waals surface area (Å²) in [5.74, 6) is -1.66. The van der Waals surface area contributed by atoms with Crippen molar-refractivity contribution >= 4 is 23.3 Å². The predicted molar refractivity (Wildman–Crippen MR) is 90.3 cm³/mol. The number of aliphatic hydroxyl groups is 1. The molecular weight excluding hydrogens is 330 g/mol. The van der Waals surface area contributed by atoms with Crippen LogP contribution in [-0.2, 0) is 19.1 Å². The third-order valence-electron chi connectivity index (χ3n) is 3.62. The van der Waals surface area contributed by atoms with Crippen LogP contribution in [-0.4, -0.2) is 36.9 Å². The molecule has 2 N–H and O–H groups in total. The van der Waals surface area contributed by atoms with E-state index in [-0.39, 0.29) is 25.4 Å². The minimum Gasteiger partial charge on any atom is -0.463 e. The Balaban J connectivity index is 2.60. The fourth-order valence-electron chi connectivity index (χ4n) is 2.69. The lowest BCUT2D eigenvalue weighted by molar-refractivity contribution is -0.139. The molecule has 0 amide bonds. The van der Waals surface area contributed by atoms with Gasteiger partial charge >= 0.3 is 11.9 Å². The summed E-state index contributed by atoms with van der Waals surface area (Å²) in [6, 6.07) is 3.70. The minimum absolute atomic E-state index is 0.204. The van der Waals surface area contributed by atoms with Gasteiger partial charge in [0.15, 0.2) is 0 Å². The molecule has 2 heterocycles. The highest BCUT2D eigenvalue weighted by Crippen LogP contribution is 2.40. The van der Waals surface area contributed by atoms with Crippen molar-refractivity contribution < 1.29 is 24.2 Å². The number of aliphatic hydroxyl groups excluding tert-OH is 1. The molecule has 0 aromatic carbocycles. The van der Waals surface area contributed by atoms with Gasteiger partial charge in [0.2, 0.25) is 0 Å². The number of allylic oxidation sites excluding steroid dienone is 1. The van der Waals surface area contributed by atoms with E-state index in [4.69, 9.17) is 9.47 Å². The van der Waals surface area contributed by atoms with Gasteiger partial charge in [-0.1, -0.05) is 6.07 Å². The van der Waals surface area contributed by atoms with Crippen molar-refractivity contribution in [3.63, 3.8) is 0 Å². The first-order chi connectivity index (χ1) is 11.5. The SMILES string of the molecule is CCOC(=O)C1=C(C)NC(CO)=C(C(=O)OCC)C1c1cccs1. The van der Waals surface area contributed by atoms with E-state index in [1.54, 1.807) is 20.8 Å². The van der Waals surface area contributed by atoms with Crippen LogP contribution in [0.25, 0.3) is 0 Å². The Labute approximate surface area is 144 Å². The van der Waals surface area contributed by atoms with Crippen LogP contribution in [0.15, 0.2) is 40.1 Å². The number of thiophene rings is 1. The molecule has 0 aliphatic carbocycles. The number of hydrogen-bond acceptors (Lipinski definition) is 7. The number of esters is 2. The topological polar surface area (TPSA) is 84.9 Å². The summed E-state index contributed by atoms with van der Waals surface area (Å²) in [5.41, 5.74) is 1.51. The van der Waals surface area contributed by atoms with Crippen LogP contribution >= 0.6 is 11.3 Å². The number of carbonyl (C=O) groups excluding carboxylic acids is 2. The maximum atomic E-state index is 12.5. The average molecular weight is 351 g/mol. The van der Waals surface area contributed by atoms with Gasteiger partial charge in [0.1, 0.15) is 0 Å². The predicted octanol–water partition coefficient (Wildman–Crippen LogP) is 2.08. The van der Waals surface area contributed by atoms with Gasteiger partial charge in [-0.25, -0.2) is 9.59 Å². The van der Waals surface area contributed by atoms with Crippen molar-refractivity contribution in [1.29, 1.82) is 0 Å². The smallest absolute Gasteiger partial charge is 0.336 e. The summed E-state index contributed by atoms with van der Waals surface area (Å²) in [4.78, 5) is 25.8. The van der Waals surface area contributed by atoms with Crippen LogP contribution in [0, 0.1) is 0 Å². The molecule has 0 bridgehead atoms. The quantitative estimate of drug-likeness (QED) is 0.764. The molecule has 130 valence electrons. The lowest BCUT2D eigenvalue weighted by Crippen LogP contribution is -2.34. The standard InChI is InChI=1S/C17H21NO5S/c1-4-22-16(20)13-10(3)18-11(9-19)14(17(21)23-5-2)15(13)12-7-6-8-24-12/h6-8,15,18-19H,4-5,9H2,1-3H3. The molecule has 1 aromatic heterocycles. The monoisotopic (exact) mass is 351 g/mol. The summed E-state index contributed by atoms with van der Waals surface area (Å²) < 4.78 is 10.3. The van der Waals surface area contributed by atoms with E-state index < -0.39 is 17.9 Å². The van der Waals surface area contributed by atoms with Gasteiger partial charge in [-0.05, 0) is 32.2 Å². The second-order valence-corrected chi connectivity index (χ2v) is 6.08. The molecule has 1 unspecified atom stereocenters. The van der Waals surface area contributed by atoms with Crippen LogP contribution in [0.4, 0.5) is 0 Å². The Morgan fingerprint density at radius 1 is 1.21 bits per heavy atom. The normalized spacial score (nSPS) is 17.6. The van der Waals surface area contributed by atoms with E-state index in [1.807, 2.05) is 17.5 Å². The maximum Gasteiger partial charge on any atom is 0.336 e. The van der Waals surface area contributed by atoms with E-state index >= 15 is 0 Å². The fourth-order valence-corrected chi connectivity index (χ4v) is 3.53. The largest absolute Gasteiger partial charge is 0.463 e. The molecular formula is C17H21NO5S. The van der Waals surface area contributed by atoms with E-state index in [0.717, 1.165) is 4.88 Å². The molecule has 2 rings (SSSR count). The summed E-state index contributed by atoms with van der Waals surface area (Å²) in [5, 5.41) is 14.5. The first kappa shape index (κ1) is 18.2. The van der Waals surface area contributed by atoms with Crippen LogP contribution in [0.1, 0.15) is 31.6 Å². The molecule has 0 saturated heterocycles. The second kappa shape index (κ2) is 8.12. The average Bonchev–Trinajstić information content (AvgIpc) is 3.08. The van der Waals surface area contributed by atoms with Gasteiger partial charge in [-0.15, -0.1) is 11.3 Å². The lowest BCUT2D eigenvalue weighted by atomic mass is 9.84. The molecule has 1 aliphatic heterocycles. The minimum atomic E-state index is -0.619. The van der Waals surface area contributed by atoms with Gasteiger partial charge < -0.3 is 19.9 Å². The van der Waals surface area contributed by atoms with Crippen molar-refractivity contribution in [2.75, 3.05) is 19.8 Å². The molecule has 0 spiro atoms. The van der Waals surface area contributed by atoms with E-state index in [1.165, 1.54) is 11.3 Å². The van der Waals surface area contributed by atoms with Crippen molar-refractivity contribution in [3.8, 4) is 0 Å². The van der Waals surface area contributed by atoms with Crippen molar-refractivity contribution in [2.24, 2.45) is 0 Å². The summed E-state index contributed by atoms with van der Waals surface area (Å²) in [6.45, 7) is 5.24. The third kappa shape index (κ3) is 3.52. The van der Waals surface area contributed by atoms with Gasteiger partial charge in [-0.3, -0.25) is 0 Å². The van der Waals surface area contributed by atoms with Gasteiger partial charge in [-0.2, -0.15) is 0 Å². The molecule has 0 fully saturated rings. The Kier molecular flexibility index (Phi) is 6.16. The van der Waals surface area contributed by atoms with E-state index in [2.05, 4.69) is 5.32 Å². The first-order valence-corrected chi connectivity index (χ1v) is 8.62. The van der Waals surface area contributed by atoms with Crippen LogP contribution < -0.4 is 5.32 Å². The highest BCUT2D eigenvalue weighted by molar-refractivity contribution is 7.10. The number of hydrogen-bond donors (Lipinski definition) is 2. The molecule has 1 aliphatic rings. The zero-order valence-electron chi connectivity index (χ0n) is 13.9. The molecule has 1 atom stereocenters. The molecule has 0 saturated carbocycles. The highest BCUT2D eigenvalue weighted by Gasteiger charge is 2.39. The highest BCUT2D eigenvalue weighted by atomic mass is 32.1. The van der Waals surface area contributed by atoms with Crippen molar-refractivity contribution in [1.82, 2.24) is 5.32 Å². The second-order valence-electron chi connectivity index (χ2n) is 5.10. The van der Waals surface area contributed by atoms with Crippen LogP contribution in [0.3, 0.4) is 0 Å². The maximum absolute atomic E-state index is 12.5. The number of rotatable bonds is 6. The Morgan fingerprint density at radius 2 is 1.83 bits per heavy atom. The lowest BCUT2D eigenvalue weighted by Gasteiger charge is -2.30. The van der Waals surface area contributed by atoms with Crippen LogP contribution in [0.5, 0.6) is 0 Å². The van der Waals surface area contributed by atoms with Gasteiger partial charge in [0, 0.05) is 10.6 Å². The molecule has 1 aromatic rings. The number of carbonyl (C=O) groups is 2. The van der Waals surface area contributed by atoms with Crippen molar-refractivity contribution in [2.45, 2.75) is 26.7 Å². The number of nitrogens with one attached hydrogen (secondary N) is 1. The Hall–Kier alpha value is -2.12. The Bertz CT molecular complexity index is 675. The molecule has 6 nitrogen and oxygen atoms in total. The van der Waals surface area contributed by atoms with Crippen LogP contribution in [0.2, 0.25) is 0 Å². The zero-order chi connectivity index (χ0) is 17.7. The van der Waals surface area contributed by atoms with Crippen molar-refractivity contribution in [3.05, 3.63) is 44.9 Å². The van der Waals surface area contributed by atoms with Gasteiger partial charge in [0.05, 0.1) is 42.6 Å². The zero-order valence-corrected chi connectivity index (χ0v) is 14.7. The summed E-state index contributed by atoms with van der Waals surface area (Å²) >= 11 is 1.43. The Morgan fingerprint density at radius 3 is 2.33 bits per heavy atom. The number of dihydropyridines is 1. The molecule has 0 radical (unpaired) electrons.